The van der Waals surface area contributed by atoms with E-state index in [9.17, 15) is 24.6 Å². The van der Waals surface area contributed by atoms with Crippen molar-refractivity contribution in [3.8, 4) is 17.2 Å². The number of fused-ring (bicyclic) bond motifs is 3. The molecule has 2 fully saturated rings. The van der Waals surface area contributed by atoms with Gasteiger partial charge in [0.15, 0.2) is 6.29 Å². The van der Waals surface area contributed by atoms with Crippen molar-refractivity contribution in [3.63, 3.8) is 0 Å². The van der Waals surface area contributed by atoms with E-state index in [1.54, 1.807) is 20.8 Å². The number of carbonyl (C=O) groups excluding carboxylic acids is 3. The number of esters is 1. The molecule has 2 unspecified atom stereocenters. The van der Waals surface area contributed by atoms with Gasteiger partial charge >= 0.3 is 5.97 Å². The van der Waals surface area contributed by atoms with Gasteiger partial charge in [0, 0.05) is 29.9 Å². The second-order valence-corrected chi connectivity index (χ2v) is 14.1. The molecular formula is C39H43NO9. The van der Waals surface area contributed by atoms with E-state index in [0.29, 0.717) is 65.9 Å². The largest absolute Gasteiger partial charge is 0.489 e. The van der Waals surface area contributed by atoms with E-state index in [0.717, 1.165) is 53.8 Å². The average molecular weight is 670 g/mol. The Balaban J connectivity index is 1.48. The zero-order valence-corrected chi connectivity index (χ0v) is 28.3. The number of rotatable bonds is 8. The standard InChI is InChI=1S/C39H43NO9/c1-4-46-38(44)37-27(19-41)32(23-11-13-30(43)25(17-23)21-10-12-29-22(16-21)14-15-40-29)33-35(47-24-8-6-5-7-9-24)26-18-31(39(2,3)45)48-34(26)28(20-42)36(33)49-37/h10,12,14,16,19,24-25,31,42,45H,4-9,11,13,15,17-18,20H2,1-3H3. The number of ketones is 1. The number of benzene rings is 2. The highest BCUT2D eigenvalue weighted by molar-refractivity contribution is 6.11. The van der Waals surface area contributed by atoms with E-state index in [4.69, 9.17) is 18.9 Å². The Morgan fingerprint density at radius 2 is 1.92 bits per heavy atom. The summed E-state index contributed by atoms with van der Waals surface area (Å²) >= 11 is 0. The summed E-state index contributed by atoms with van der Waals surface area (Å²) in [6.45, 7) is 5.16. The fraction of sp³-hybridized carbons (Fsp3) is 0.487. The monoisotopic (exact) mass is 669 g/mol. The number of nitrogens with zero attached hydrogens (tertiary/aromatic N) is 1. The van der Waals surface area contributed by atoms with Gasteiger partial charge in [0.05, 0.1) is 53.5 Å². The van der Waals surface area contributed by atoms with E-state index in [-0.39, 0.29) is 42.0 Å². The number of allylic oxidation sites excluding steroid dienone is 3. The smallest absolute Gasteiger partial charge is 0.375 e. The van der Waals surface area contributed by atoms with Gasteiger partial charge in [0.2, 0.25) is 5.76 Å². The number of aldehydes is 1. The number of aliphatic hydroxyl groups is 2. The molecule has 0 spiro atoms. The first-order chi connectivity index (χ1) is 23.6. The topological polar surface area (TPSA) is 141 Å². The van der Waals surface area contributed by atoms with Crippen molar-refractivity contribution in [2.45, 2.75) is 109 Å². The predicted octanol–water partition coefficient (Wildman–Crippen LogP) is 4.08. The van der Waals surface area contributed by atoms with Gasteiger partial charge in [-0.3, -0.25) is 14.6 Å². The van der Waals surface area contributed by atoms with Crippen LogP contribution in [0, 0.1) is 0 Å². The van der Waals surface area contributed by atoms with Crippen LogP contribution < -0.4 is 24.8 Å². The van der Waals surface area contributed by atoms with Crippen LogP contribution in [0.5, 0.6) is 17.2 Å². The molecule has 0 radical (unpaired) electrons. The Hall–Kier alpha value is -4.28. The first-order valence-corrected chi connectivity index (χ1v) is 17.5. The van der Waals surface area contributed by atoms with Crippen molar-refractivity contribution in [3.05, 3.63) is 67.9 Å². The van der Waals surface area contributed by atoms with Crippen molar-refractivity contribution in [2.75, 3.05) is 13.2 Å². The third-order valence-electron chi connectivity index (χ3n) is 10.4. The quantitative estimate of drug-likeness (QED) is 0.314. The molecule has 258 valence electrons. The summed E-state index contributed by atoms with van der Waals surface area (Å²) in [5, 5.41) is 23.8. The molecule has 3 aliphatic heterocycles. The number of carbonyl (C=O) groups is 3. The summed E-state index contributed by atoms with van der Waals surface area (Å²) in [5.74, 6) is -0.516. The fourth-order valence-electron chi connectivity index (χ4n) is 7.86. The molecule has 7 rings (SSSR count). The summed E-state index contributed by atoms with van der Waals surface area (Å²) in [4.78, 5) is 44.7. The fourth-order valence-corrected chi connectivity index (χ4v) is 7.86. The van der Waals surface area contributed by atoms with E-state index in [1.165, 1.54) is 0 Å². The van der Waals surface area contributed by atoms with Crippen LogP contribution in [0.3, 0.4) is 0 Å². The minimum absolute atomic E-state index is 0.0189. The average Bonchev–Trinajstić information content (AvgIpc) is 3.76. The highest BCUT2D eigenvalue weighted by Gasteiger charge is 2.45. The Morgan fingerprint density at radius 1 is 1.12 bits per heavy atom. The summed E-state index contributed by atoms with van der Waals surface area (Å²) in [6, 6.07) is 5.90. The molecule has 49 heavy (non-hydrogen) atoms. The first kappa shape index (κ1) is 33.2. The normalized spacial score (nSPS) is 23.4. The molecule has 0 saturated heterocycles. The molecule has 10 nitrogen and oxygen atoms in total. The predicted molar refractivity (Wildman–Crippen MR) is 180 cm³/mol. The maximum absolute atomic E-state index is 13.6. The van der Waals surface area contributed by atoms with Gasteiger partial charge in [-0.15, -0.1) is 0 Å². The SMILES string of the molecule is CCOC(=O)C1=C(C=O)C(=C2CCC(=O)C(c3ccc4c(c3)=CCN=4)C2)c2c(c(CO)c3c(c2OC2CCCCC2)CC(C(C)(C)O)O3)O1. The number of Topliss-reactive ketones (excluding diaryl/α,β-unsaturated/α-hetero) is 1. The van der Waals surface area contributed by atoms with Gasteiger partial charge in [-0.2, -0.15) is 0 Å². The van der Waals surface area contributed by atoms with E-state index in [1.807, 2.05) is 24.3 Å². The minimum atomic E-state index is -1.23. The zero-order chi connectivity index (χ0) is 34.4. The molecule has 5 aliphatic rings. The lowest BCUT2D eigenvalue weighted by atomic mass is 9.75. The van der Waals surface area contributed by atoms with Crippen LogP contribution in [0.25, 0.3) is 11.6 Å². The van der Waals surface area contributed by atoms with Crippen molar-refractivity contribution in [1.29, 1.82) is 0 Å². The number of hydrogen-bond donors (Lipinski definition) is 2. The van der Waals surface area contributed by atoms with Gasteiger partial charge in [0.1, 0.15) is 29.1 Å². The molecule has 0 aromatic heterocycles. The summed E-state index contributed by atoms with van der Waals surface area (Å²) < 4.78 is 24.9. The third kappa shape index (κ3) is 5.99. The molecule has 2 saturated carbocycles. The van der Waals surface area contributed by atoms with Crippen LogP contribution in [0.15, 0.2) is 40.1 Å². The molecule has 2 aromatic rings. The van der Waals surface area contributed by atoms with Crippen molar-refractivity contribution < 1.29 is 43.5 Å². The Labute approximate surface area is 285 Å². The first-order valence-electron chi connectivity index (χ1n) is 17.5. The molecule has 2 aromatic carbocycles. The van der Waals surface area contributed by atoms with E-state index in [2.05, 4.69) is 4.99 Å². The Morgan fingerprint density at radius 3 is 2.63 bits per heavy atom. The molecule has 0 bridgehead atoms. The van der Waals surface area contributed by atoms with Crippen molar-refractivity contribution in [2.24, 2.45) is 4.99 Å². The molecule has 0 amide bonds. The van der Waals surface area contributed by atoms with Crippen LogP contribution in [-0.2, 0) is 32.1 Å². The summed E-state index contributed by atoms with van der Waals surface area (Å²) in [7, 11) is 0. The molecule has 10 heteroatoms. The molecule has 2 N–H and O–H groups in total. The second-order valence-electron chi connectivity index (χ2n) is 14.1. The maximum atomic E-state index is 13.6. The van der Waals surface area contributed by atoms with Crippen LogP contribution in [-0.4, -0.2) is 59.2 Å². The van der Waals surface area contributed by atoms with E-state index < -0.39 is 30.2 Å². The van der Waals surface area contributed by atoms with Crippen LogP contribution in [0.2, 0.25) is 0 Å². The van der Waals surface area contributed by atoms with Gasteiger partial charge in [-0.05, 0) is 82.2 Å². The molecule has 3 heterocycles. The maximum Gasteiger partial charge on any atom is 0.375 e. The lowest BCUT2D eigenvalue weighted by Gasteiger charge is -2.33. The van der Waals surface area contributed by atoms with Gasteiger partial charge in [-0.1, -0.05) is 24.1 Å². The molecule has 2 atom stereocenters. The summed E-state index contributed by atoms with van der Waals surface area (Å²) in [5.41, 5.74) is 2.37. The highest BCUT2D eigenvalue weighted by atomic mass is 16.6. The lowest BCUT2D eigenvalue weighted by Crippen LogP contribution is -2.39. The van der Waals surface area contributed by atoms with Crippen molar-refractivity contribution >= 4 is 29.7 Å². The van der Waals surface area contributed by atoms with Crippen LogP contribution in [0.1, 0.15) is 100 Å². The van der Waals surface area contributed by atoms with E-state index >= 15 is 0 Å². The minimum Gasteiger partial charge on any atom is -0.489 e. The van der Waals surface area contributed by atoms with Crippen molar-refractivity contribution in [1.82, 2.24) is 0 Å². The number of ether oxygens (including phenoxy) is 4. The Kier molecular flexibility index (Phi) is 8.96. The van der Waals surface area contributed by atoms with Crippen LogP contribution in [0.4, 0.5) is 0 Å². The molecule has 2 aliphatic carbocycles. The van der Waals surface area contributed by atoms with Gasteiger partial charge in [-0.25, -0.2) is 4.79 Å². The second kappa shape index (κ2) is 13.2. The number of aliphatic hydroxyl groups excluding tert-OH is 1. The molecular weight excluding hydrogens is 626 g/mol. The lowest BCUT2D eigenvalue weighted by molar-refractivity contribution is -0.141. The summed E-state index contributed by atoms with van der Waals surface area (Å²) in [6.07, 6.45) is 7.93. The zero-order valence-electron chi connectivity index (χ0n) is 28.3. The number of hydrogen-bond acceptors (Lipinski definition) is 10. The van der Waals surface area contributed by atoms with Gasteiger partial charge in [0.25, 0.3) is 0 Å². The highest BCUT2D eigenvalue weighted by Crippen LogP contribution is 2.57. The van der Waals surface area contributed by atoms with Crippen LogP contribution >= 0.6 is 0 Å². The van der Waals surface area contributed by atoms with Gasteiger partial charge < -0.3 is 29.2 Å². The Bertz CT molecular complexity index is 1910. The third-order valence-corrected chi connectivity index (χ3v) is 10.4.